The maximum Gasteiger partial charge on any atom is 0.128 e. The Bertz CT molecular complexity index is 310. The highest BCUT2D eigenvalue weighted by molar-refractivity contribution is 6.19. The number of carbonyl (C=O) groups is 1. The van der Waals surface area contributed by atoms with Gasteiger partial charge in [-0.25, -0.2) is 0 Å². The third kappa shape index (κ3) is 2.01. The Labute approximate surface area is 82.2 Å². The number of rotatable bonds is 3. The molecular weight excluding hydrogens is 188 g/mol. The van der Waals surface area contributed by atoms with Gasteiger partial charge < -0.3 is 9.90 Å². The molecule has 1 rings (SSSR count). The molecule has 0 heterocycles. The standard InChI is InChI=1S/C10H11ClO2/c1-7-3-2-4-9(10(7)13)8(5-11)6-12/h2-4,6,8,13H,5H2,1H3. The van der Waals surface area contributed by atoms with Crippen LogP contribution in [0.4, 0.5) is 0 Å². The Kier molecular flexibility index (Phi) is 3.32. The summed E-state index contributed by atoms with van der Waals surface area (Å²) < 4.78 is 0. The van der Waals surface area contributed by atoms with Crippen molar-refractivity contribution in [3.63, 3.8) is 0 Å². The molecule has 1 N–H and O–H groups in total. The average Bonchev–Trinajstić information content (AvgIpc) is 2.14. The average molecular weight is 199 g/mol. The van der Waals surface area contributed by atoms with E-state index in [4.69, 9.17) is 11.6 Å². The van der Waals surface area contributed by atoms with Gasteiger partial charge in [-0.3, -0.25) is 0 Å². The highest BCUT2D eigenvalue weighted by Crippen LogP contribution is 2.28. The lowest BCUT2D eigenvalue weighted by Gasteiger charge is -2.10. The van der Waals surface area contributed by atoms with Gasteiger partial charge in [-0.1, -0.05) is 18.2 Å². The maximum absolute atomic E-state index is 10.6. The molecule has 1 aromatic carbocycles. The quantitative estimate of drug-likeness (QED) is 0.598. The van der Waals surface area contributed by atoms with Gasteiger partial charge in [0.1, 0.15) is 12.0 Å². The number of halogens is 1. The number of aldehydes is 1. The van der Waals surface area contributed by atoms with Crippen LogP contribution in [0.25, 0.3) is 0 Å². The fourth-order valence-electron chi connectivity index (χ4n) is 1.17. The third-order valence-electron chi connectivity index (χ3n) is 2.00. The molecule has 0 aliphatic heterocycles. The predicted molar refractivity (Wildman–Crippen MR) is 52.4 cm³/mol. The Morgan fingerprint density at radius 2 is 2.31 bits per heavy atom. The molecule has 0 radical (unpaired) electrons. The van der Waals surface area contributed by atoms with Gasteiger partial charge in [0.05, 0.1) is 5.92 Å². The first-order valence-corrected chi connectivity index (χ1v) is 4.54. The Hall–Kier alpha value is -1.02. The molecule has 2 nitrogen and oxygen atoms in total. The number of benzene rings is 1. The SMILES string of the molecule is Cc1cccc(C(C=O)CCl)c1O. The van der Waals surface area contributed by atoms with Gasteiger partial charge >= 0.3 is 0 Å². The van der Waals surface area contributed by atoms with Crippen LogP contribution in [0, 0.1) is 6.92 Å². The van der Waals surface area contributed by atoms with E-state index >= 15 is 0 Å². The van der Waals surface area contributed by atoms with Crippen LogP contribution in [-0.2, 0) is 4.79 Å². The van der Waals surface area contributed by atoms with E-state index in [0.717, 1.165) is 11.8 Å². The summed E-state index contributed by atoms with van der Waals surface area (Å²) in [6, 6.07) is 5.30. The molecule has 0 fully saturated rings. The molecule has 0 saturated carbocycles. The van der Waals surface area contributed by atoms with Crippen LogP contribution in [-0.4, -0.2) is 17.3 Å². The molecule has 1 unspecified atom stereocenters. The zero-order valence-corrected chi connectivity index (χ0v) is 8.08. The molecule has 0 bridgehead atoms. The van der Waals surface area contributed by atoms with Crippen molar-refractivity contribution >= 4 is 17.9 Å². The predicted octanol–water partition coefficient (Wildman–Crippen LogP) is 2.22. The lowest BCUT2D eigenvalue weighted by atomic mass is 9.99. The highest BCUT2D eigenvalue weighted by Gasteiger charge is 2.13. The largest absolute Gasteiger partial charge is 0.507 e. The first kappa shape index (κ1) is 10.1. The van der Waals surface area contributed by atoms with Crippen LogP contribution in [0.3, 0.4) is 0 Å². The lowest BCUT2D eigenvalue weighted by Crippen LogP contribution is -2.02. The van der Waals surface area contributed by atoms with Crippen molar-refractivity contribution in [1.82, 2.24) is 0 Å². The van der Waals surface area contributed by atoms with Crippen molar-refractivity contribution in [3.05, 3.63) is 29.3 Å². The minimum atomic E-state index is -0.415. The van der Waals surface area contributed by atoms with Crippen LogP contribution in [0.15, 0.2) is 18.2 Å². The number of aryl methyl sites for hydroxylation is 1. The second kappa shape index (κ2) is 4.28. The van der Waals surface area contributed by atoms with E-state index in [9.17, 15) is 9.90 Å². The second-order valence-corrected chi connectivity index (χ2v) is 3.22. The Balaban J connectivity index is 3.13. The van der Waals surface area contributed by atoms with E-state index in [1.54, 1.807) is 25.1 Å². The second-order valence-electron chi connectivity index (χ2n) is 2.91. The van der Waals surface area contributed by atoms with E-state index in [1.807, 2.05) is 0 Å². The van der Waals surface area contributed by atoms with Gasteiger partial charge in [0, 0.05) is 11.4 Å². The topological polar surface area (TPSA) is 37.3 Å². The third-order valence-corrected chi connectivity index (χ3v) is 2.33. The molecule has 1 aromatic rings. The zero-order chi connectivity index (χ0) is 9.84. The van der Waals surface area contributed by atoms with Crippen molar-refractivity contribution in [2.24, 2.45) is 0 Å². The summed E-state index contributed by atoms with van der Waals surface area (Å²) in [5, 5.41) is 9.61. The first-order chi connectivity index (χ1) is 6.20. The number of phenolic OH excluding ortho intramolecular Hbond substituents is 1. The molecule has 70 valence electrons. The van der Waals surface area contributed by atoms with Gasteiger partial charge in [-0.2, -0.15) is 0 Å². The summed E-state index contributed by atoms with van der Waals surface area (Å²) in [4.78, 5) is 10.6. The molecule has 0 aliphatic rings. The molecule has 3 heteroatoms. The van der Waals surface area contributed by atoms with E-state index < -0.39 is 5.92 Å². The normalized spacial score (nSPS) is 12.5. The first-order valence-electron chi connectivity index (χ1n) is 4.00. The molecule has 0 saturated heterocycles. The minimum Gasteiger partial charge on any atom is -0.507 e. The fraction of sp³-hybridized carbons (Fsp3) is 0.300. The summed E-state index contributed by atoms with van der Waals surface area (Å²) in [5.74, 6) is -0.0534. The number of hydrogen-bond acceptors (Lipinski definition) is 2. The van der Waals surface area contributed by atoms with Crippen molar-refractivity contribution in [2.45, 2.75) is 12.8 Å². The van der Waals surface area contributed by atoms with Crippen molar-refractivity contribution in [1.29, 1.82) is 0 Å². The maximum atomic E-state index is 10.6. The molecule has 0 aromatic heterocycles. The van der Waals surface area contributed by atoms with Crippen LogP contribution in [0.1, 0.15) is 17.0 Å². The number of phenols is 1. The van der Waals surface area contributed by atoms with Gasteiger partial charge in [0.2, 0.25) is 0 Å². The number of hydrogen-bond donors (Lipinski definition) is 1. The van der Waals surface area contributed by atoms with E-state index in [1.165, 1.54) is 0 Å². The molecule has 0 spiro atoms. The Morgan fingerprint density at radius 3 is 2.85 bits per heavy atom. The van der Waals surface area contributed by atoms with Gasteiger partial charge in [0.15, 0.2) is 0 Å². The molecule has 0 aliphatic carbocycles. The zero-order valence-electron chi connectivity index (χ0n) is 7.33. The number of carbonyl (C=O) groups excluding carboxylic acids is 1. The number of alkyl halides is 1. The van der Waals surface area contributed by atoms with E-state index in [-0.39, 0.29) is 11.6 Å². The molecule has 1 atom stereocenters. The monoisotopic (exact) mass is 198 g/mol. The smallest absolute Gasteiger partial charge is 0.128 e. The van der Waals surface area contributed by atoms with E-state index in [2.05, 4.69) is 0 Å². The summed E-state index contributed by atoms with van der Waals surface area (Å²) in [5.41, 5.74) is 1.36. The van der Waals surface area contributed by atoms with Crippen LogP contribution in [0.5, 0.6) is 5.75 Å². The summed E-state index contributed by atoms with van der Waals surface area (Å²) in [6.45, 7) is 1.79. The molecule has 0 amide bonds. The lowest BCUT2D eigenvalue weighted by molar-refractivity contribution is -0.108. The number of aromatic hydroxyl groups is 1. The summed E-state index contributed by atoms with van der Waals surface area (Å²) in [7, 11) is 0. The van der Waals surface area contributed by atoms with Crippen molar-refractivity contribution in [3.8, 4) is 5.75 Å². The van der Waals surface area contributed by atoms with Gasteiger partial charge in [0.25, 0.3) is 0 Å². The molecular formula is C10H11ClO2. The van der Waals surface area contributed by atoms with Crippen molar-refractivity contribution in [2.75, 3.05) is 5.88 Å². The minimum absolute atomic E-state index is 0.167. The van der Waals surface area contributed by atoms with Crippen LogP contribution < -0.4 is 0 Å². The van der Waals surface area contributed by atoms with Crippen LogP contribution >= 0.6 is 11.6 Å². The van der Waals surface area contributed by atoms with Crippen molar-refractivity contribution < 1.29 is 9.90 Å². The fourth-order valence-corrected chi connectivity index (χ4v) is 1.41. The molecule has 13 heavy (non-hydrogen) atoms. The highest BCUT2D eigenvalue weighted by atomic mass is 35.5. The summed E-state index contributed by atoms with van der Waals surface area (Å²) in [6.07, 6.45) is 0.751. The van der Waals surface area contributed by atoms with Crippen LogP contribution in [0.2, 0.25) is 0 Å². The van der Waals surface area contributed by atoms with Gasteiger partial charge in [-0.05, 0) is 12.5 Å². The van der Waals surface area contributed by atoms with E-state index in [0.29, 0.717) is 5.56 Å². The van der Waals surface area contributed by atoms with Gasteiger partial charge in [-0.15, -0.1) is 11.6 Å². The summed E-state index contributed by atoms with van der Waals surface area (Å²) >= 11 is 5.58. The Morgan fingerprint density at radius 1 is 1.62 bits per heavy atom. The number of para-hydroxylation sites is 1.